The Morgan fingerprint density at radius 3 is 2.78 bits per heavy atom. The summed E-state index contributed by atoms with van der Waals surface area (Å²) in [5, 5.41) is 2.99. The van der Waals surface area contributed by atoms with Crippen molar-refractivity contribution in [1.29, 1.82) is 0 Å². The first-order valence-corrected chi connectivity index (χ1v) is 8.02. The summed E-state index contributed by atoms with van der Waals surface area (Å²) < 4.78 is 1.65. The second-order valence-corrected chi connectivity index (χ2v) is 6.19. The van der Waals surface area contributed by atoms with E-state index in [2.05, 4.69) is 32.6 Å². The van der Waals surface area contributed by atoms with Crippen molar-refractivity contribution in [1.82, 2.24) is 24.8 Å². The molecule has 1 atom stereocenters. The molecule has 1 saturated heterocycles. The molecule has 0 spiro atoms. The molecule has 1 aromatic carbocycles. The van der Waals surface area contributed by atoms with Crippen LogP contribution in [0.15, 0.2) is 30.6 Å². The minimum Gasteiger partial charge on any atom is -0.333 e. The maximum Gasteiger partial charge on any atom is 0.334 e. The molecule has 1 aliphatic heterocycles. The highest BCUT2D eigenvalue weighted by atomic mass is 16.2. The van der Waals surface area contributed by atoms with Gasteiger partial charge in [-0.05, 0) is 26.1 Å². The van der Waals surface area contributed by atoms with Gasteiger partial charge in [0.1, 0.15) is 6.33 Å². The number of nitrogens with one attached hydrogen (secondary N) is 2. The highest BCUT2D eigenvalue weighted by molar-refractivity contribution is 5.85. The van der Waals surface area contributed by atoms with Gasteiger partial charge in [0.2, 0.25) is 0 Å². The SMILES string of the molecule is CC(CN1CCN(C)CC1)NC(=O)Nn1cnc2ccccc21. The molecule has 3 rings (SSSR count). The minimum atomic E-state index is -0.213. The predicted octanol–water partition coefficient (Wildman–Crippen LogP) is 0.925. The van der Waals surface area contributed by atoms with Crippen molar-refractivity contribution in [2.45, 2.75) is 13.0 Å². The van der Waals surface area contributed by atoms with Gasteiger partial charge in [0.25, 0.3) is 0 Å². The van der Waals surface area contributed by atoms with Crippen LogP contribution < -0.4 is 10.7 Å². The number of hydrogen-bond donors (Lipinski definition) is 2. The van der Waals surface area contributed by atoms with Crippen LogP contribution in [-0.2, 0) is 0 Å². The Morgan fingerprint density at radius 1 is 1.26 bits per heavy atom. The fourth-order valence-corrected chi connectivity index (χ4v) is 2.88. The molecule has 0 bridgehead atoms. The molecule has 7 heteroatoms. The van der Waals surface area contributed by atoms with Crippen molar-refractivity contribution in [2.75, 3.05) is 45.2 Å². The van der Waals surface area contributed by atoms with Gasteiger partial charge in [0.05, 0.1) is 11.0 Å². The van der Waals surface area contributed by atoms with Crippen molar-refractivity contribution in [3.8, 4) is 0 Å². The molecular formula is C16H24N6O. The number of carbonyl (C=O) groups is 1. The van der Waals surface area contributed by atoms with Crippen LogP contribution in [0.5, 0.6) is 0 Å². The van der Waals surface area contributed by atoms with Crippen LogP contribution >= 0.6 is 0 Å². The summed E-state index contributed by atoms with van der Waals surface area (Å²) in [7, 11) is 2.14. The van der Waals surface area contributed by atoms with Crippen molar-refractivity contribution in [2.24, 2.45) is 0 Å². The topological polar surface area (TPSA) is 65.4 Å². The predicted molar refractivity (Wildman–Crippen MR) is 91.0 cm³/mol. The molecule has 1 aromatic heterocycles. The molecule has 2 aromatic rings. The number of nitrogens with zero attached hydrogens (tertiary/aromatic N) is 4. The first kappa shape index (κ1) is 15.8. The van der Waals surface area contributed by atoms with Crippen LogP contribution in [0, 0.1) is 0 Å². The van der Waals surface area contributed by atoms with E-state index in [9.17, 15) is 4.79 Å². The lowest BCUT2D eigenvalue weighted by atomic mass is 10.2. The zero-order valence-corrected chi connectivity index (χ0v) is 13.7. The molecule has 7 nitrogen and oxygen atoms in total. The van der Waals surface area contributed by atoms with Gasteiger partial charge in [-0.2, -0.15) is 0 Å². The van der Waals surface area contributed by atoms with Crippen LogP contribution in [0.3, 0.4) is 0 Å². The van der Waals surface area contributed by atoms with E-state index in [1.165, 1.54) is 0 Å². The molecule has 2 amide bonds. The Kier molecular flexibility index (Phi) is 4.78. The van der Waals surface area contributed by atoms with E-state index < -0.39 is 0 Å². The Hall–Kier alpha value is -2.12. The number of para-hydroxylation sites is 2. The Bertz CT molecular complexity index is 661. The highest BCUT2D eigenvalue weighted by Gasteiger charge is 2.17. The van der Waals surface area contributed by atoms with Gasteiger partial charge in [0.15, 0.2) is 0 Å². The molecule has 2 heterocycles. The molecule has 0 aliphatic carbocycles. The summed E-state index contributed by atoms with van der Waals surface area (Å²) in [6, 6.07) is 7.58. The quantitative estimate of drug-likeness (QED) is 0.880. The van der Waals surface area contributed by atoms with Crippen molar-refractivity contribution in [3.05, 3.63) is 30.6 Å². The number of benzene rings is 1. The summed E-state index contributed by atoms with van der Waals surface area (Å²) >= 11 is 0. The van der Waals surface area contributed by atoms with E-state index in [4.69, 9.17) is 0 Å². The summed E-state index contributed by atoms with van der Waals surface area (Å²) in [5.41, 5.74) is 4.56. The normalized spacial score (nSPS) is 18.0. The molecule has 23 heavy (non-hydrogen) atoms. The summed E-state index contributed by atoms with van der Waals surface area (Å²) in [4.78, 5) is 21.1. The fraction of sp³-hybridized carbons (Fsp3) is 0.500. The minimum absolute atomic E-state index is 0.0909. The Labute approximate surface area is 136 Å². The van der Waals surface area contributed by atoms with Gasteiger partial charge in [0, 0.05) is 38.8 Å². The highest BCUT2D eigenvalue weighted by Crippen LogP contribution is 2.09. The number of carbonyl (C=O) groups excluding carboxylic acids is 1. The van der Waals surface area contributed by atoms with E-state index in [-0.39, 0.29) is 12.1 Å². The Balaban J connectivity index is 1.50. The van der Waals surface area contributed by atoms with Crippen molar-refractivity contribution < 1.29 is 4.79 Å². The lowest BCUT2D eigenvalue weighted by Crippen LogP contribution is -2.50. The molecule has 124 valence electrons. The standard InChI is InChI=1S/C16H24N6O/c1-13(11-21-9-7-20(2)8-10-21)18-16(23)19-22-12-17-14-5-3-4-6-15(14)22/h3-6,12-13H,7-11H2,1-2H3,(H2,18,19,23). The average Bonchev–Trinajstić information content (AvgIpc) is 2.93. The summed E-state index contributed by atoms with van der Waals surface area (Å²) in [6.45, 7) is 7.17. The lowest BCUT2D eigenvalue weighted by Gasteiger charge is -2.34. The summed E-state index contributed by atoms with van der Waals surface area (Å²) in [5.74, 6) is 0. The van der Waals surface area contributed by atoms with Crippen LogP contribution in [0.2, 0.25) is 0 Å². The fourth-order valence-electron chi connectivity index (χ4n) is 2.88. The molecule has 0 radical (unpaired) electrons. The zero-order valence-electron chi connectivity index (χ0n) is 13.7. The van der Waals surface area contributed by atoms with Crippen LogP contribution in [0.1, 0.15) is 6.92 Å². The molecule has 1 unspecified atom stereocenters. The third-order valence-corrected chi connectivity index (χ3v) is 4.18. The number of piperazine rings is 1. The largest absolute Gasteiger partial charge is 0.334 e. The van der Waals surface area contributed by atoms with Gasteiger partial charge < -0.3 is 10.2 Å². The maximum atomic E-state index is 12.2. The maximum absolute atomic E-state index is 12.2. The Morgan fingerprint density at radius 2 is 2.00 bits per heavy atom. The number of imidazole rings is 1. The van der Waals surface area contributed by atoms with Crippen LogP contribution in [0.25, 0.3) is 11.0 Å². The van der Waals surface area contributed by atoms with Gasteiger partial charge in [-0.25, -0.2) is 19.9 Å². The van der Waals surface area contributed by atoms with Crippen LogP contribution in [0.4, 0.5) is 4.79 Å². The van der Waals surface area contributed by atoms with E-state index >= 15 is 0 Å². The van der Waals surface area contributed by atoms with Gasteiger partial charge >= 0.3 is 6.03 Å². The monoisotopic (exact) mass is 316 g/mol. The van der Waals surface area contributed by atoms with E-state index in [1.54, 1.807) is 11.0 Å². The lowest BCUT2D eigenvalue weighted by molar-refractivity contribution is 0.145. The van der Waals surface area contributed by atoms with Gasteiger partial charge in [-0.15, -0.1) is 0 Å². The number of aromatic nitrogens is 2. The average molecular weight is 316 g/mol. The van der Waals surface area contributed by atoms with E-state index in [0.29, 0.717) is 0 Å². The number of urea groups is 1. The smallest absolute Gasteiger partial charge is 0.333 e. The molecular weight excluding hydrogens is 292 g/mol. The second kappa shape index (κ2) is 6.97. The molecule has 2 N–H and O–H groups in total. The summed E-state index contributed by atoms with van der Waals surface area (Å²) in [6.07, 6.45) is 1.62. The van der Waals surface area contributed by atoms with E-state index in [1.807, 2.05) is 31.2 Å². The van der Waals surface area contributed by atoms with Gasteiger partial charge in [-0.1, -0.05) is 12.1 Å². The number of amides is 2. The van der Waals surface area contributed by atoms with Crippen molar-refractivity contribution >= 4 is 17.1 Å². The molecule has 1 fully saturated rings. The van der Waals surface area contributed by atoms with Gasteiger partial charge in [-0.3, -0.25) is 4.90 Å². The third-order valence-electron chi connectivity index (χ3n) is 4.18. The number of hydrogen-bond acceptors (Lipinski definition) is 4. The molecule has 1 aliphatic rings. The number of fused-ring (bicyclic) bond motifs is 1. The first-order chi connectivity index (χ1) is 11.1. The number of likely N-dealkylation sites (N-methyl/N-ethyl adjacent to an activating group) is 1. The zero-order chi connectivity index (χ0) is 16.2. The second-order valence-electron chi connectivity index (χ2n) is 6.19. The van der Waals surface area contributed by atoms with Crippen molar-refractivity contribution in [3.63, 3.8) is 0 Å². The van der Waals surface area contributed by atoms with E-state index in [0.717, 1.165) is 43.8 Å². The molecule has 0 saturated carbocycles. The third kappa shape index (κ3) is 4.00. The first-order valence-electron chi connectivity index (χ1n) is 8.02. The van der Waals surface area contributed by atoms with Crippen LogP contribution in [-0.4, -0.2) is 71.3 Å². The number of rotatable bonds is 4.